The number of hydrogen-bond acceptors (Lipinski definition) is 6. The fourth-order valence-electron chi connectivity index (χ4n) is 3.96. The number of ketones is 1. The Balaban J connectivity index is 1.34. The molecule has 0 spiro atoms. The average Bonchev–Trinajstić information content (AvgIpc) is 3.38. The normalized spacial score (nSPS) is 27.7. The number of rotatable bonds is 5. The molecule has 9 nitrogen and oxygen atoms in total. The molecule has 3 fully saturated rings. The zero-order chi connectivity index (χ0) is 19.9. The van der Waals surface area contributed by atoms with Crippen LogP contribution in [-0.4, -0.2) is 65.6 Å². The maximum absolute atomic E-state index is 12.9. The molecular weight excluding hydrogens is 384 g/mol. The first-order valence-corrected chi connectivity index (χ1v) is 11.3. The quantitative estimate of drug-likeness (QED) is 0.776. The van der Waals surface area contributed by atoms with Gasteiger partial charge in [0.1, 0.15) is 11.5 Å². The molecule has 0 bridgehead atoms. The monoisotopic (exact) mass is 410 g/mol. The third kappa shape index (κ3) is 3.99. The largest absolute Gasteiger partial charge is 0.360 e. The molecule has 2 aliphatic heterocycles. The highest BCUT2D eigenvalue weighted by Crippen LogP contribution is 2.40. The third-order valence-corrected chi connectivity index (χ3v) is 7.95. The van der Waals surface area contributed by atoms with Crippen molar-refractivity contribution in [3.05, 3.63) is 17.5 Å². The predicted molar refractivity (Wildman–Crippen MR) is 99.9 cm³/mol. The van der Waals surface area contributed by atoms with Crippen molar-refractivity contribution in [1.82, 2.24) is 19.1 Å². The van der Waals surface area contributed by atoms with Crippen LogP contribution in [-0.2, 0) is 15.0 Å². The molecule has 0 aromatic carbocycles. The molecule has 0 unspecified atom stereocenters. The number of carbonyl (C=O) groups excluding carboxylic acids is 2. The van der Waals surface area contributed by atoms with Gasteiger partial charge in [-0.1, -0.05) is 5.16 Å². The predicted octanol–water partition coefficient (Wildman–Crippen LogP) is 1.04. The molecule has 1 amide bonds. The van der Waals surface area contributed by atoms with Crippen LogP contribution in [0.25, 0.3) is 0 Å². The first-order valence-electron chi connectivity index (χ1n) is 9.90. The lowest BCUT2D eigenvalue weighted by atomic mass is 10.0. The lowest BCUT2D eigenvalue weighted by molar-refractivity contribution is -0.120. The standard InChI is InChI=1S/C18H26N4O5S/c1-12-10-14(19-18(24)16-11-17(27-20-16)13-2-3-13)4-9-22(12)28(25,26)21-7-5-15(23)6-8-21/h11-14H,2-10H2,1H3,(H,19,24)/t12-,14-/m0/s1. The van der Waals surface area contributed by atoms with Gasteiger partial charge in [0.25, 0.3) is 16.1 Å². The van der Waals surface area contributed by atoms with Crippen LogP contribution < -0.4 is 5.32 Å². The van der Waals surface area contributed by atoms with Crippen molar-refractivity contribution in [2.45, 2.75) is 63.5 Å². The van der Waals surface area contributed by atoms with E-state index in [4.69, 9.17) is 4.52 Å². The Morgan fingerprint density at radius 1 is 1.21 bits per heavy atom. The zero-order valence-corrected chi connectivity index (χ0v) is 16.8. The molecule has 154 valence electrons. The number of piperidine rings is 2. The van der Waals surface area contributed by atoms with Gasteiger partial charge in [0, 0.05) is 56.5 Å². The summed E-state index contributed by atoms with van der Waals surface area (Å²) in [4.78, 5) is 23.8. The van der Waals surface area contributed by atoms with E-state index in [-0.39, 0.29) is 55.4 Å². The van der Waals surface area contributed by atoms with Gasteiger partial charge >= 0.3 is 0 Å². The molecule has 1 aromatic rings. The average molecular weight is 410 g/mol. The number of aromatic nitrogens is 1. The first-order chi connectivity index (χ1) is 13.3. The maximum atomic E-state index is 12.9. The van der Waals surface area contributed by atoms with Crippen molar-refractivity contribution in [3.63, 3.8) is 0 Å². The van der Waals surface area contributed by atoms with E-state index < -0.39 is 10.2 Å². The molecule has 0 radical (unpaired) electrons. The fraction of sp³-hybridized carbons (Fsp3) is 0.722. The van der Waals surface area contributed by atoms with Crippen LogP contribution >= 0.6 is 0 Å². The van der Waals surface area contributed by atoms with E-state index in [0.29, 0.717) is 25.3 Å². The van der Waals surface area contributed by atoms with E-state index in [1.165, 1.54) is 8.61 Å². The van der Waals surface area contributed by atoms with Gasteiger partial charge in [-0.3, -0.25) is 9.59 Å². The zero-order valence-electron chi connectivity index (χ0n) is 16.0. The summed E-state index contributed by atoms with van der Waals surface area (Å²) in [6, 6.07) is 1.35. The fourth-order valence-corrected chi connectivity index (χ4v) is 5.77. The van der Waals surface area contributed by atoms with Crippen molar-refractivity contribution in [2.75, 3.05) is 19.6 Å². The van der Waals surface area contributed by atoms with Crippen LogP contribution in [0.1, 0.15) is 67.6 Å². The molecule has 1 saturated carbocycles. The minimum Gasteiger partial charge on any atom is -0.360 e. The van der Waals surface area contributed by atoms with E-state index in [1.807, 2.05) is 6.92 Å². The highest BCUT2D eigenvalue weighted by Gasteiger charge is 2.39. The molecule has 2 saturated heterocycles. The molecule has 1 aliphatic carbocycles. The lowest BCUT2D eigenvalue weighted by Gasteiger charge is -2.40. The van der Waals surface area contributed by atoms with Gasteiger partial charge in [-0.15, -0.1) is 0 Å². The van der Waals surface area contributed by atoms with Gasteiger partial charge in [-0.25, -0.2) is 0 Å². The number of hydrogen-bond donors (Lipinski definition) is 1. The van der Waals surface area contributed by atoms with E-state index in [9.17, 15) is 18.0 Å². The summed E-state index contributed by atoms with van der Waals surface area (Å²) in [5.74, 6) is 0.990. The van der Waals surface area contributed by atoms with Crippen molar-refractivity contribution in [3.8, 4) is 0 Å². The van der Waals surface area contributed by atoms with E-state index in [1.54, 1.807) is 6.07 Å². The minimum absolute atomic E-state index is 0.110. The summed E-state index contributed by atoms with van der Waals surface area (Å²) >= 11 is 0. The second-order valence-corrected chi connectivity index (χ2v) is 9.87. The molecule has 1 N–H and O–H groups in total. The number of nitrogens with one attached hydrogen (secondary N) is 1. The van der Waals surface area contributed by atoms with Gasteiger partial charge in [0.05, 0.1) is 0 Å². The van der Waals surface area contributed by atoms with E-state index >= 15 is 0 Å². The Morgan fingerprint density at radius 3 is 2.57 bits per heavy atom. The van der Waals surface area contributed by atoms with Crippen LogP contribution in [0.15, 0.2) is 10.6 Å². The van der Waals surface area contributed by atoms with Crippen molar-refractivity contribution in [2.24, 2.45) is 0 Å². The summed E-state index contributed by atoms with van der Waals surface area (Å²) < 4.78 is 33.9. The van der Waals surface area contributed by atoms with Crippen LogP contribution in [0.2, 0.25) is 0 Å². The number of nitrogens with zero attached hydrogens (tertiary/aromatic N) is 3. The summed E-state index contributed by atoms with van der Waals surface area (Å²) in [5.41, 5.74) is 0.280. The summed E-state index contributed by atoms with van der Waals surface area (Å²) in [7, 11) is -3.59. The summed E-state index contributed by atoms with van der Waals surface area (Å²) in [6.45, 7) is 2.69. The molecular formula is C18H26N4O5S. The van der Waals surface area contributed by atoms with Gasteiger partial charge in [-0.2, -0.15) is 17.0 Å². The molecule has 3 aliphatic rings. The number of carbonyl (C=O) groups is 2. The van der Waals surface area contributed by atoms with Gasteiger partial charge in [-0.05, 0) is 32.6 Å². The summed E-state index contributed by atoms with van der Waals surface area (Å²) in [6.07, 6.45) is 3.78. The van der Waals surface area contributed by atoms with Crippen LogP contribution in [0, 0.1) is 0 Å². The Hall–Kier alpha value is -1.78. The van der Waals surface area contributed by atoms with Gasteiger partial charge in [0.2, 0.25) is 0 Å². The first kappa shape index (κ1) is 19.5. The molecule has 3 heterocycles. The van der Waals surface area contributed by atoms with Crippen LogP contribution in [0.5, 0.6) is 0 Å². The second-order valence-electron chi connectivity index (χ2n) is 7.99. The molecule has 28 heavy (non-hydrogen) atoms. The topological polar surface area (TPSA) is 113 Å². The van der Waals surface area contributed by atoms with Crippen LogP contribution in [0.4, 0.5) is 0 Å². The molecule has 10 heteroatoms. The Kier molecular flexibility index (Phi) is 5.28. The van der Waals surface area contributed by atoms with Crippen LogP contribution in [0.3, 0.4) is 0 Å². The minimum atomic E-state index is -3.59. The second kappa shape index (κ2) is 7.57. The molecule has 2 atom stereocenters. The molecule has 4 rings (SSSR count). The van der Waals surface area contributed by atoms with Crippen molar-refractivity contribution < 1.29 is 22.5 Å². The van der Waals surface area contributed by atoms with E-state index in [0.717, 1.165) is 18.6 Å². The Bertz CT molecular complexity index is 853. The Labute approximate surface area is 164 Å². The maximum Gasteiger partial charge on any atom is 0.282 e. The number of Topliss-reactive ketones (excluding diaryl/α,β-unsaturated/α-hetero) is 1. The van der Waals surface area contributed by atoms with Gasteiger partial charge in [0.15, 0.2) is 5.69 Å². The highest BCUT2D eigenvalue weighted by molar-refractivity contribution is 7.86. The smallest absolute Gasteiger partial charge is 0.282 e. The Morgan fingerprint density at radius 2 is 1.93 bits per heavy atom. The van der Waals surface area contributed by atoms with E-state index in [2.05, 4.69) is 10.5 Å². The van der Waals surface area contributed by atoms with Crippen molar-refractivity contribution in [1.29, 1.82) is 0 Å². The number of amides is 1. The third-order valence-electron chi connectivity index (χ3n) is 5.79. The summed E-state index contributed by atoms with van der Waals surface area (Å²) in [5, 5.41) is 6.81. The SMILES string of the molecule is C[C@H]1C[C@@H](NC(=O)c2cc(C3CC3)on2)CCN1S(=O)(=O)N1CCC(=O)CC1. The molecule has 1 aromatic heterocycles. The van der Waals surface area contributed by atoms with Crippen molar-refractivity contribution >= 4 is 21.9 Å². The van der Waals surface area contributed by atoms with Gasteiger partial charge < -0.3 is 9.84 Å². The lowest BCUT2D eigenvalue weighted by Crippen LogP contribution is -2.55. The highest BCUT2D eigenvalue weighted by atomic mass is 32.2.